The number of hydrogen-bond donors (Lipinski definition) is 1. The first-order chi connectivity index (χ1) is 16.7. The van der Waals surface area contributed by atoms with E-state index in [0.29, 0.717) is 17.7 Å². The van der Waals surface area contributed by atoms with Gasteiger partial charge in [0, 0.05) is 43.4 Å². The molecule has 2 aliphatic heterocycles. The first kappa shape index (κ1) is 23.7. The van der Waals surface area contributed by atoms with Gasteiger partial charge in [-0.1, -0.05) is 35.9 Å². The third kappa shape index (κ3) is 5.98. The summed E-state index contributed by atoms with van der Waals surface area (Å²) in [5, 5.41) is 4.18. The van der Waals surface area contributed by atoms with E-state index in [4.69, 9.17) is 11.6 Å². The van der Waals surface area contributed by atoms with Crippen LogP contribution in [-0.4, -0.2) is 77.1 Å². The maximum atomic E-state index is 12.8. The molecule has 3 heterocycles. The molecule has 0 radical (unpaired) electrons. The SMILES string of the molecule is O=C(NC(C1CC1)N1CCCN(C2CCN(Cc3ccccc3Cl)CC2)CC1)c1ccccn1. The third-order valence-corrected chi connectivity index (χ3v) is 8.00. The summed E-state index contributed by atoms with van der Waals surface area (Å²) in [6, 6.07) is 14.4. The number of amides is 1. The lowest BCUT2D eigenvalue weighted by atomic mass is 10.0. The van der Waals surface area contributed by atoms with Gasteiger partial charge in [0.05, 0.1) is 6.17 Å². The number of halogens is 1. The molecule has 7 heteroatoms. The van der Waals surface area contributed by atoms with E-state index in [1.807, 2.05) is 24.3 Å². The fourth-order valence-corrected chi connectivity index (χ4v) is 5.73. The number of pyridine rings is 1. The van der Waals surface area contributed by atoms with Crippen molar-refractivity contribution in [3.63, 3.8) is 0 Å². The van der Waals surface area contributed by atoms with E-state index in [0.717, 1.165) is 57.3 Å². The Hall–Kier alpha value is -1.99. The Morgan fingerprint density at radius 1 is 0.971 bits per heavy atom. The molecule has 34 heavy (non-hydrogen) atoms. The molecule has 1 aromatic heterocycles. The maximum Gasteiger partial charge on any atom is 0.271 e. The predicted molar refractivity (Wildman–Crippen MR) is 136 cm³/mol. The van der Waals surface area contributed by atoms with Gasteiger partial charge in [0.2, 0.25) is 0 Å². The van der Waals surface area contributed by atoms with Crippen molar-refractivity contribution in [1.29, 1.82) is 0 Å². The molecular formula is C27H36ClN5O. The standard InChI is InChI=1S/C27H36ClN5O/c28-24-7-2-1-6-22(24)20-31-16-11-23(12-17-31)32-14-5-15-33(19-18-32)26(21-9-10-21)30-27(34)25-8-3-4-13-29-25/h1-4,6-8,13,21,23,26H,5,9-12,14-20H2,(H,30,34). The highest BCUT2D eigenvalue weighted by molar-refractivity contribution is 6.31. The van der Waals surface area contributed by atoms with Crippen LogP contribution in [0.4, 0.5) is 0 Å². The molecule has 3 fully saturated rings. The van der Waals surface area contributed by atoms with Crippen LogP contribution in [0.2, 0.25) is 5.02 Å². The molecule has 1 aromatic carbocycles. The van der Waals surface area contributed by atoms with Gasteiger partial charge in [0.25, 0.3) is 5.91 Å². The lowest BCUT2D eigenvalue weighted by Crippen LogP contribution is -2.51. The number of carbonyl (C=O) groups is 1. The number of rotatable bonds is 7. The summed E-state index contributed by atoms with van der Waals surface area (Å²) in [4.78, 5) is 24.8. The molecule has 1 saturated carbocycles. The third-order valence-electron chi connectivity index (χ3n) is 7.63. The Labute approximate surface area is 208 Å². The molecule has 0 bridgehead atoms. The number of nitrogens with zero attached hydrogens (tertiary/aromatic N) is 4. The zero-order chi connectivity index (χ0) is 23.3. The summed E-state index contributed by atoms with van der Waals surface area (Å²) in [7, 11) is 0. The van der Waals surface area contributed by atoms with Crippen LogP contribution in [0.15, 0.2) is 48.7 Å². The van der Waals surface area contributed by atoms with Gasteiger partial charge in [-0.25, -0.2) is 0 Å². The Bertz CT molecular complexity index is 945. The van der Waals surface area contributed by atoms with E-state index >= 15 is 0 Å². The molecule has 3 aliphatic rings. The molecule has 182 valence electrons. The summed E-state index contributed by atoms with van der Waals surface area (Å²) in [5.41, 5.74) is 1.74. The molecule has 1 unspecified atom stereocenters. The molecule has 0 spiro atoms. The number of carbonyl (C=O) groups excluding carboxylic acids is 1. The van der Waals surface area contributed by atoms with Gasteiger partial charge in [-0.15, -0.1) is 0 Å². The zero-order valence-electron chi connectivity index (χ0n) is 19.9. The van der Waals surface area contributed by atoms with Crippen molar-refractivity contribution in [3.8, 4) is 0 Å². The van der Waals surface area contributed by atoms with Crippen LogP contribution in [0.3, 0.4) is 0 Å². The molecule has 2 saturated heterocycles. The minimum absolute atomic E-state index is 0.0514. The molecule has 5 rings (SSSR count). The highest BCUT2D eigenvalue weighted by Crippen LogP contribution is 2.35. The summed E-state index contributed by atoms with van der Waals surface area (Å²) in [6.45, 7) is 7.49. The zero-order valence-corrected chi connectivity index (χ0v) is 20.7. The first-order valence-electron chi connectivity index (χ1n) is 12.8. The van der Waals surface area contributed by atoms with Crippen molar-refractivity contribution in [2.75, 3.05) is 39.3 Å². The van der Waals surface area contributed by atoms with Crippen molar-refractivity contribution in [2.45, 2.75) is 50.9 Å². The van der Waals surface area contributed by atoms with E-state index < -0.39 is 0 Å². The number of nitrogens with one attached hydrogen (secondary N) is 1. The highest BCUT2D eigenvalue weighted by Gasteiger charge is 2.38. The highest BCUT2D eigenvalue weighted by atomic mass is 35.5. The quantitative estimate of drug-likeness (QED) is 0.650. The lowest BCUT2D eigenvalue weighted by Gasteiger charge is -2.38. The van der Waals surface area contributed by atoms with Gasteiger partial charge in [-0.2, -0.15) is 0 Å². The second-order valence-electron chi connectivity index (χ2n) is 9.99. The number of hydrogen-bond acceptors (Lipinski definition) is 5. The van der Waals surface area contributed by atoms with Crippen LogP contribution in [0.25, 0.3) is 0 Å². The topological polar surface area (TPSA) is 51.7 Å². The van der Waals surface area contributed by atoms with Crippen LogP contribution in [0.1, 0.15) is 48.2 Å². The summed E-state index contributed by atoms with van der Waals surface area (Å²) in [6.07, 6.45) is 7.81. The summed E-state index contributed by atoms with van der Waals surface area (Å²) < 4.78 is 0. The fraction of sp³-hybridized carbons (Fsp3) is 0.556. The predicted octanol–water partition coefficient (Wildman–Crippen LogP) is 3.87. The van der Waals surface area contributed by atoms with Gasteiger partial charge in [-0.05, 0) is 81.4 Å². The van der Waals surface area contributed by atoms with Crippen LogP contribution < -0.4 is 5.32 Å². The Morgan fingerprint density at radius 2 is 1.76 bits per heavy atom. The largest absolute Gasteiger partial charge is 0.335 e. The van der Waals surface area contributed by atoms with Gasteiger partial charge in [0.15, 0.2) is 0 Å². The van der Waals surface area contributed by atoms with Crippen LogP contribution >= 0.6 is 11.6 Å². The van der Waals surface area contributed by atoms with Gasteiger partial charge >= 0.3 is 0 Å². The van der Waals surface area contributed by atoms with Crippen molar-refractivity contribution < 1.29 is 4.79 Å². The fourth-order valence-electron chi connectivity index (χ4n) is 5.54. The average molecular weight is 482 g/mol. The van der Waals surface area contributed by atoms with Crippen molar-refractivity contribution in [2.24, 2.45) is 5.92 Å². The molecule has 1 aliphatic carbocycles. The van der Waals surface area contributed by atoms with Gasteiger partial charge < -0.3 is 5.32 Å². The smallest absolute Gasteiger partial charge is 0.271 e. The molecule has 1 N–H and O–H groups in total. The summed E-state index contributed by atoms with van der Waals surface area (Å²) in [5.74, 6) is 0.525. The molecular weight excluding hydrogens is 446 g/mol. The summed E-state index contributed by atoms with van der Waals surface area (Å²) >= 11 is 6.37. The molecule has 1 atom stereocenters. The van der Waals surface area contributed by atoms with Crippen molar-refractivity contribution >= 4 is 17.5 Å². The van der Waals surface area contributed by atoms with Crippen molar-refractivity contribution in [1.82, 2.24) is 25.0 Å². The van der Waals surface area contributed by atoms with E-state index in [-0.39, 0.29) is 12.1 Å². The van der Waals surface area contributed by atoms with Crippen molar-refractivity contribution in [3.05, 3.63) is 64.9 Å². The number of likely N-dealkylation sites (tertiary alicyclic amines) is 1. The normalized spacial score (nSPS) is 22.3. The second kappa shape index (κ2) is 11.2. The van der Waals surface area contributed by atoms with Crippen LogP contribution in [0.5, 0.6) is 0 Å². The Kier molecular flexibility index (Phi) is 7.80. The minimum atomic E-state index is -0.0514. The van der Waals surface area contributed by atoms with E-state index in [9.17, 15) is 4.79 Å². The van der Waals surface area contributed by atoms with E-state index in [1.54, 1.807) is 12.3 Å². The lowest BCUT2D eigenvalue weighted by molar-refractivity contribution is 0.0795. The number of benzene rings is 1. The van der Waals surface area contributed by atoms with E-state index in [1.165, 1.54) is 31.2 Å². The number of piperidine rings is 1. The monoisotopic (exact) mass is 481 g/mol. The average Bonchev–Trinajstić information content (AvgIpc) is 3.73. The molecule has 2 aromatic rings. The molecule has 6 nitrogen and oxygen atoms in total. The second-order valence-corrected chi connectivity index (χ2v) is 10.4. The van der Waals surface area contributed by atoms with Crippen LogP contribution in [0, 0.1) is 5.92 Å². The Morgan fingerprint density at radius 3 is 2.50 bits per heavy atom. The van der Waals surface area contributed by atoms with E-state index in [2.05, 4.69) is 37.1 Å². The van der Waals surface area contributed by atoms with Crippen LogP contribution in [-0.2, 0) is 6.54 Å². The minimum Gasteiger partial charge on any atom is -0.335 e. The van der Waals surface area contributed by atoms with Gasteiger partial charge in [-0.3, -0.25) is 24.5 Å². The Balaban J connectivity index is 1.12. The maximum absolute atomic E-state index is 12.8. The number of aromatic nitrogens is 1. The van der Waals surface area contributed by atoms with Gasteiger partial charge in [0.1, 0.15) is 5.69 Å². The molecule has 1 amide bonds. The first-order valence-corrected chi connectivity index (χ1v) is 13.2.